The van der Waals surface area contributed by atoms with Crippen molar-refractivity contribution in [3.8, 4) is 0 Å². The second kappa shape index (κ2) is 7.92. The highest BCUT2D eigenvalue weighted by molar-refractivity contribution is 5.77. The summed E-state index contributed by atoms with van der Waals surface area (Å²) in [6.45, 7) is 1.95. The van der Waals surface area contributed by atoms with E-state index in [1.165, 1.54) is 17.7 Å². The number of amides is 3. The van der Waals surface area contributed by atoms with Crippen LogP contribution in [0.5, 0.6) is 0 Å². The van der Waals surface area contributed by atoms with Gasteiger partial charge in [-0.2, -0.15) is 0 Å². The van der Waals surface area contributed by atoms with Gasteiger partial charge in [0.2, 0.25) is 5.91 Å². The third-order valence-electron chi connectivity index (χ3n) is 2.97. The maximum Gasteiger partial charge on any atom is 0.316 e. The van der Waals surface area contributed by atoms with Gasteiger partial charge in [-0.15, -0.1) is 0 Å². The van der Waals surface area contributed by atoms with E-state index in [-0.39, 0.29) is 11.9 Å². The van der Waals surface area contributed by atoms with Crippen LogP contribution in [-0.2, 0) is 4.79 Å². The van der Waals surface area contributed by atoms with E-state index in [4.69, 9.17) is 0 Å². The summed E-state index contributed by atoms with van der Waals surface area (Å²) in [5.74, 6) is 0.0495. The lowest BCUT2D eigenvalue weighted by Gasteiger charge is -2.22. The molecule has 0 radical (unpaired) electrons. The number of carbonyl (C=O) groups is 2. The van der Waals surface area contributed by atoms with Crippen molar-refractivity contribution < 1.29 is 9.59 Å². The first kappa shape index (κ1) is 14.8. The van der Waals surface area contributed by atoms with Gasteiger partial charge in [0.05, 0.1) is 0 Å². The number of hydrogen-bond acceptors (Lipinski definition) is 3. The zero-order chi connectivity index (χ0) is 13.4. The number of urea groups is 1. The lowest BCUT2D eigenvalue weighted by molar-refractivity contribution is -0.121. The number of rotatable bonds is 5. The highest BCUT2D eigenvalue weighted by Crippen LogP contribution is 2.09. The van der Waals surface area contributed by atoms with E-state index < -0.39 is 0 Å². The van der Waals surface area contributed by atoms with Crippen LogP contribution in [0.15, 0.2) is 0 Å². The molecule has 1 atom stereocenters. The summed E-state index contributed by atoms with van der Waals surface area (Å²) in [5.41, 5.74) is 0. The first-order valence-electron chi connectivity index (χ1n) is 6.55. The first-order valence-corrected chi connectivity index (χ1v) is 6.55. The van der Waals surface area contributed by atoms with Gasteiger partial charge in [0.15, 0.2) is 0 Å². The van der Waals surface area contributed by atoms with Gasteiger partial charge < -0.3 is 20.9 Å². The molecule has 1 rings (SSSR count). The van der Waals surface area contributed by atoms with E-state index in [9.17, 15) is 9.59 Å². The van der Waals surface area contributed by atoms with Crippen molar-refractivity contribution in [1.82, 2.24) is 20.9 Å². The molecule has 6 heteroatoms. The number of hydrogen-bond donors (Lipinski definition) is 3. The van der Waals surface area contributed by atoms with Crippen LogP contribution in [0.4, 0.5) is 4.79 Å². The van der Waals surface area contributed by atoms with Gasteiger partial charge in [0.1, 0.15) is 0 Å². The van der Waals surface area contributed by atoms with Crippen molar-refractivity contribution in [3.63, 3.8) is 0 Å². The Kier molecular flexibility index (Phi) is 6.49. The predicted molar refractivity (Wildman–Crippen MR) is 70.4 cm³/mol. The normalized spacial score (nSPS) is 19.1. The molecule has 3 amide bonds. The molecule has 0 aromatic rings. The summed E-state index contributed by atoms with van der Waals surface area (Å²) in [6, 6.07) is 0.174. The van der Waals surface area contributed by atoms with Crippen LogP contribution >= 0.6 is 0 Å². The molecule has 0 bridgehead atoms. The second-order valence-electron chi connectivity index (χ2n) is 4.83. The second-order valence-corrected chi connectivity index (χ2v) is 4.83. The van der Waals surface area contributed by atoms with Gasteiger partial charge in [0.25, 0.3) is 0 Å². The Hall–Kier alpha value is -1.30. The fraction of sp³-hybridized carbons (Fsp3) is 0.833. The minimum atomic E-state index is -0.141. The molecule has 18 heavy (non-hydrogen) atoms. The third-order valence-corrected chi connectivity index (χ3v) is 2.97. The summed E-state index contributed by atoms with van der Waals surface area (Å²) < 4.78 is 0. The average molecular weight is 256 g/mol. The molecule has 1 unspecified atom stereocenters. The minimum Gasteiger partial charge on any atom is -0.354 e. The van der Waals surface area contributed by atoms with Crippen LogP contribution in [0, 0.1) is 0 Å². The number of nitrogens with zero attached hydrogens (tertiary/aromatic N) is 1. The standard InChI is InChI=1S/C12H24N4O2/c1-16(2)12(18)15-8-7-14-11(17)9-10-5-3-4-6-13-10/h10,13H,3-9H2,1-2H3,(H,14,17)(H,15,18). The largest absolute Gasteiger partial charge is 0.354 e. The lowest BCUT2D eigenvalue weighted by atomic mass is 10.0. The van der Waals surface area contributed by atoms with E-state index >= 15 is 0 Å². The molecule has 1 aliphatic heterocycles. The Morgan fingerprint density at radius 2 is 1.94 bits per heavy atom. The predicted octanol–water partition coefficient (Wildman–Crippen LogP) is -0.0940. The van der Waals surface area contributed by atoms with Crippen molar-refractivity contribution in [2.75, 3.05) is 33.7 Å². The molecule has 104 valence electrons. The van der Waals surface area contributed by atoms with Crippen molar-refractivity contribution >= 4 is 11.9 Å². The minimum absolute atomic E-state index is 0.0495. The Balaban J connectivity index is 2.04. The Morgan fingerprint density at radius 3 is 2.56 bits per heavy atom. The van der Waals surface area contributed by atoms with E-state index in [0.29, 0.717) is 25.6 Å². The van der Waals surface area contributed by atoms with E-state index in [1.54, 1.807) is 14.1 Å². The molecular formula is C12H24N4O2. The lowest BCUT2D eigenvalue weighted by Crippen LogP contribution is -2.42. The van der Waals surface area contributed by atoms with E-state index in [1.807, 2.05) is 0 Å². The van der Waals surface area contributed by atoms with E-state index in [2.05, 4.69) is 16.0 Å². The average Bonchev–Trinajstić information content (AvgIpc) is 2.35. The summed E-state index contributed by atoms with van der Waals surface area (Å²) in [5, 5.41) is 8.85. The molecule has 0 aliphatic carbocycles. The molecule has 0 aromatic heterocycles. The zero-order valence-corrected chi connectivity index (χ0v) is 11.3. The fourth-order valence-electron chi connectivity index (χ4n) is 1.92. The van der Waals surface area contributed by atoms with Crippen LogP contribution in [0.3, 0.4) is 0 Å². The van der Waals surface area contributed by atoms with Crippen LogP contribution in [0.2, 0.25) is 0 Å². The Bertz CT molecular complexity index is 275. The van der Waals surface area contributed by atoms with Crippen LogP contribution in [0.1, 0.15) is 25.7 Å². The molecule has 3 N–H and O–H groups in total. The monoisotopic (exact) mass is 256 g/mol. The van der Waals surface area contributed by atoms with Crippen molar-refractivity contribution in [2.45, 2.75) is 31.7 Å². The summed E-state index contributed by atoms with van der Waals surface area (Å²) in [7, 11) is 3.37. The molecule has 6 nitrogen and oxygen atoms in total. The van der Waals surface area contributed by atoms with Gasteiger partial charge in [0, 0.05) is 39.6 Å². The molecule has 0 saturated carbocycles. The number of carbonyl (C=O) groups excluding carboxylic acids is 2. The molecule has 1 fully saturated rings. The van der Waals surface area contributed by atoms with Crippen molar-refractivity contribution in [2.24, 2.45) is 0 Å². The van der Waals surface area contributed by atoms with Gasteiger partial charge in [-0.1, -0.05) is 6.42 Å². The smallest absolute Gasteiger partial charge is 0.316 e. The maximum absolute atomic E-state index is 11.6. The van der Waals surface area contributed by atoms with Crippen molar-refractivity contribution in [1.29, 1.82) is 0 Å². The van der Waals surface area contributed by atoms with Gasteiger partial charge in [-0.25, -0.2) is 4.79 Å². The van der Waals surface area contributed by atoms with Crippen LogP contribution < -0.4 is 16.0 Å². The molecule has 0 spiro atoms. The zero-order valence-electron chi connectivity index (χ0n) is 11.3. The summed E-state index contributed by atoms with van der Waals surface area (Å²) >= 11 is 0. The third kappa shape index (κ3) is 5.86. The molecule has 1 aliphatic rings. The fourth-order valence-corrected chi connectivity index (χ4v) is 1.92. The maximum atomic E-state index is 11.6. The summed E-state index contributed by atoms with van der Waals surface area (Å²) in [6.07, 6.45) is 4.00. The molecule has 1 saturated heterocycles. The number of nitrogens with one attached hydrogen (secondary N) is 3. The van der Waals surface area contributed by atoms with Gasteiger partial charge in [-0.05, 0) is 19.4 Å². The SMILES string of the molecule is CN(C)C(=O)NCCNC(=O)CC1CCCCN1. The van der Waals surface area contributed by atoms with E-state index in [0.717, 1.165) is 13.0 Å². The quantitative estimate of drug-likeness (QED) is 0.602. The van der Waals surface area contributed by atoms with Gasteiger partial charge in [-0.3, -0.25) is 4.79 Å². The Labute approximate surface area is 108 Å². The molecule has 1 heterocycles. The highest BCUT2D eigenvalue weighted by Gasteiger charge is 2.15. The van der Waals surface area contributed by atoms with Crippen molar-refractivity contribution in [3.05, 3.63) is 0 Å². The topological polar surface area (TPSA) is 73.5 Å². The highest BCUT2D eigenvalue weighted by atomic mass is 16.2. The Morgan fingerprint density at radius 1 is 1.22 bits per heavy atom. The van der Waals surface area contributed by atoms with Crippen LogP contribution in [0.25, 0.3) is 0 Å². The number of piperidine rings is 1. The van der Waals surface area contributed by atoms with Gasteiger partial charge >= 0.3 is 6.03 Å². The molecule has 0 aromatic carbocycles. The van der Waals surface area contributed by atoms with Crippen LogP contribution in [-0.4, -0.2) is 56.6 Å². The first-order chi connectivity index (χ1) is 8.59. The summed E-state index contributed by atoms with van der Waals surface area (Å²) in [4.78, 5) is 24.3. The molecular weight excluding hydrogens is 232 g/mol.